The molecule has 0 aromatic carbocycles. The Morgan fingerprint density at radius 1 is 1.13 bits per heavy atom. The molecule has 0 amide bonds. The molecular weight excluding hydrogens is 396 g/mol. The summed E-state index contributed by atoms with van der Waals surface area (Å²) in [5.74, 6) is 2.50. The normalized spacial score (nSPS) is 38.5. The Labute approximate surface area is 194 Å². The molecule has 3 saturated carbocycles. The fourth-order valence-electron chi connectivity index (χ4n) is 6.67. The zero-order chi connectivity index (χ0) is 23.0. The Bertz CT molecular complexity index is 686. The Hall–Kier alpha value is -0.383. The van der Waals surface area contributed by atoms with Gasteiger partial charge in [-0.05, 0) is 98.6 Å². The highest BCUT2D eigenvalue weighted by atomic mass is 28.4. The molecule has 178 valence electrons. The molecule has 0 spiro atoms. The molecule has 3 rings (SSSR count). The number of hydrogen-bond donors (Lipinski definition) is 1. The number of allylic oxidation sites excluding steroid dienone is 3. The van der Waals surface area contributed by atoms with Gasteiger partial charge in [-0.25, -0.2) is 0 Å². The van der Waals surface area contributed by atoms with Crippen LogP contribution in [0, 0.1) is 29.1 Å². The zero-order valence-corrected chi connectivity index (χ0v) is 22.8. The van der Waals surface area contributed by atoms with Crippen molar-refractivity contribution in [2.24, 2.45) is 29.1 Å². The van der Waals surface area contributed by atoms with Gasteiger partial charge >= 0.3 is 0 Å². The van der Waals surface area contributed by atoms with Crippen LogP contribution in [-0.2, 0) is 4.43 Å². The van der Waals surface area contributed by atoms with E-state index in [4.69, 9.17) is 4.43 Å². The lowest BCUT2D eigenvalue weighted by atomic mass is 9.61. The maximum atomic E-state index is 9.79. The Morgan fingerprint density at radius 2 is 1.81 bits per heavy atom. The molecule has 6 atom stereocenters. The highest BCUT2D eigenvalue weighted by Crippen LogP contribution is 2.59. The summed E-state index contributed by atoms with van der Waals surface area (Å²) < 4.78 is 6.81. The summed E-state index contributed by atoms with van der Waals surface area (Å²) in [5, 5.41) is 10.1. The van der Waals surface area contributed by atoms with E-state index in [0.717, 1.165) is 12.3 Å². The second-order valence-corrected chi connectivity index (χ2v) is 17.7. The summed E-state index contributed by atoms with van der Waals surface area (Å²) in [5.41, 5.74) is 3.68. The molecule has 3 fully saturated rings. The van der Waals surface area contributed by atoms with Crippen LogP contribution in [0.5, 0.6) is 0 Å². The minimum absolute atomic E-state index is 0.277. The van der Waals surface area contributed by atoms with Crippen LogP contribution in [0.2, 0.25) is 18.1 Å². The molecule has 0 radical (unpaired) electrons. The van der Waals surface area contributed by atoms with Crippen molar-refractivity contribution in [2.75, 3.05) is 6.61 Å². The lowest BCUT2D eigenvalue weighted by molar-refractivity contribution is 0.0690. The van der Waals surface area contributed by atoms with Gasteiger partial charge in [0.1, 0.15) is 0 Å². The summed E-state index contributed by atoms with van der Waals surface area (Å²) in [6, 6.07) is 0. The molecule has 0 aromatic heterocycles. The van der Waals surface area contributed by atoms with Gasteiger partial charge in [-0.2, -0.15) is 0 Å². The second-order valence-electron chi connectivity index (χ2n) is 12.9. The average molecular weight is 447 g/mol. The van der Waals surface area contributed by atoms with Crippen molar-refractivity contribution in [2.45, 2.75) is 117 Å². The number of aliphatic hydroxyl groups excluding tert-OH is 1. The number of aliphatic hydroxyl groups is 1. The van der Waals surface area contributed by atoms with Crippen LogP contribution in [0.25, 0.3) is 0 Å². The zero-order valence-electron chi connectivity index (χ0n) is 21.8. The molecule has 3 aliphatic rings. The van der Waals surface area contributed by atoms with Crippen LogP contribution in [0.1, 0.15) is 92.9 Å². The second kappa shape index (κ2) is 9.47. The van der Waals surface area contributed by atoms with Crippen LogP contribution in [-0.4, -0.2) is 26.1 Å². The summed E-state index contributed by atoms with van der Waals surface area (Å²) in [6.45, 7) is 19.3. The number of fused-ring (bicyclic) bond motifs is 1. The SMILES string of the molecule is C[C@@H]1CC[C@H](O[Si](C)(C)C(C)(C)C)C/C1=C/C=C1\CCC[C@]2(C)[C@@H]([C@@H](C)CO)CC[C@@H]12. The highest BCUT2D eigenvalue weighted by molar-refractivity contribution is 6.74. The smallest absolute Gasteiger partial charge is 0.192 e. The van der Waals surface area contributed by atoms with Crippen molar-refractivity contribution in [3.63, 3.8) is 0 Å². The number of rotatable bonds is 5. The van der Waals surface area contributed by atoms with Crippen LogP contribution in [0.4, 0.5) is 0 Å². The standard InChI is InChI=1S/C28H50O2Si/c1-20-11-14-24(30-31(7,8)27(3,4)5)18-23(20)13-12-22-10-9-17-28(6)25(21(2)19-29)15-16-26(22)28/h12-13,20-21,24-26,29H,9-11,14-19H2,1-8H3/b22-12+,23-13-/t20-,21+,24+,25-,26+,28-/m1/s1. The third-order valence-corrected chi connectivity index (χ3v) is 14.3. The van der Waals surface area contributed by atoms with Gasteiger partial charge in [0.05, 0.1) is 0 Å². The van der Waals surface area contributed by atoms with Gasteiger partial charge in [0, 0.05) is 12.7 Å². The first kappa shape index (κ1) is 25.2. The van der Waals surface area contributed by atoms with Crippen LogP contribution in [0.3, 0.4) is 0 Å². The highest BCUT2D eigenvalue weighted by Gasteiger charge is 2.50. The number of hydrogen-bond acceptors (Lipinski definition) is 2. The molecule has 0 unspecified atom stereocenters. The Balaban J connectivity index is 1.74. The fourth-order valence-corrected chi connectivity index (χ4v) is 8.06. The van der Waals surface area contributed by atoms with Gasteiger partial charge in [-0.1, -0.05) is 64.8 Å². The minimum atomic E-state index is -1.71. The average Bonchev–Trinajstić information content (AvgIpc) is 3.04. The third kappa shape index (κ3) is 5.25. The van der Waals surface area contributed by atoms with Crippen molar-refractivity contribution in [1.29, 1.82) is 0 Å². The van der Waals surface area contributed by atoms with Crippen LogP contribution < -0.4 is 0 Å². The van der Waals surface area contributed by atoms with E-state index in [1.807, 2.05) is 0 Å². The van der Waals surface area contributed by atoms with Crippen molar-refractivity contribution in [3.8, 4) is 0 Å². The van der Waals surface area contributed by atoms with E-state index in [0.29, 0.717) is 35.9 Å². The summed E-state index contributed by atoms with van der Waals surface area (Å²) in [4.78, 5) is 0. The molecule has 31 heavy (non-hydrogen) atoms. The summed E-state index contributed by atoms with van der Waals surface area (Å²) >= 11 is 0. The molecule has 0 heterocycles. The van der Waals surface area contributed by atoms with Crippen molar-refractivity contribution < 1.29 is 9.53 Å². The first-order valence-electron chi connectivity index (χ1n) is 13.1. The van der Waals surface area contributed by atoms with Gasteiger partial charge in [0.15, 0.2) is 8.32 Å². The van der Waals surface area contributed by atoms with E-state index in [2.05, 4.69) is 66.8 Å². The molecule has 0 aromatic rings. The summed E-state index contributed by atoms with van der Waals surface area (Å²) in [6.07, 6.45) is 15.5. The molecule has 0 aliphatic heterocycles. The maximum Gasteiger partial charge on any atom is 0.192 e. The molecule has 2 nitrogen and oxygen atoms in total. The van der Waals surface area contributed by atoms with E-state index in [1.165, 1.54) is 44.9 Å². The van der Waals surface area contributed by atoms with Crippen molar-refractivity contribution >= 4 is 8.32 Å². The van der Waals surface area contributed by atoms with Crippen LogP contribution >= 0.6 is 0 Å². The van der Waals surface area contributed by atoms with Crippen molar-refractivity contribution in [3.05, 3.63) is 23.3 Å². The van der Waals surface area contributed by atoms with E-state index < -0.39 is 8.32 Å². The largest absolute Gasteiger partial charge is 0.414 e. The lowest BCUT2D eigenvalue weighted by Crippen LogP contribution is -2.44. The molecule has 0 saturated heterocycles. The van der Waals surface area contributed by atoms with Gasteiger partial charge in [0.25, 0.3) is 0 Å². The monoisotopic (exact) mass is 446 g/mol. The fraction of sp³-hybridized carbons (Fsp3) is 0.857. The van der Waals surface area contributed by atoms with Crippen molar-refractivity contribution in [1.82, 2.24) is 0 Å². The molecule has 1 N–H and O–H groups in total. The van der Waals surface area contributed by atoms with E-state index in [9.17, 15) is 5.11 Å². The van der Waals surface area contributed by atoms with Gasteiger partial charge in [0.2, 0.25) is 0 Å². The van der Waals surface area contributed by atoms with Gasteiger partial charge in [-0.15, -0.1) is 0 Å². The Morgan fingerprint density at radius 3 is 2.45 bits per heavy atom. The Kier molecular flexibility index (Phi) is 7.71. The summed E-state index contributed by atoms with van der Waals surface area (Å²) in [7, 11) is -1.71. The topological polar surface area (TPSA) is 29.5 Å². The maximum absolute atomic E-state index is 9.79. The predicted molar refractivity (Wildman–Crippen MR) is 136 cm³/mol. The van der Waals surface area contributed by atoms with Gasteiger partial charge < -0.3 is 9.53 Å². The third-order valence-electron chi connectivity index (χ3n) is 9.81. The van der Waals surface area contributed by atoms with E-state index in [1.54, 1.807) is 11.1 Å². The quantitative estimate of drug-likeness (QED) is 0.435. The molecule has 3 heteroatoms. The molecule has 3 aliphatic carbocycles. The van der Waals surface area contributed by atoms with Gasteiger partial charge in [-0.3, -0.25) is 0 Å². The van der Waals surface area contributed by atoms with E-state index in [-0.39, 0.29) is 5.04 Å². The van der Waals surface area contributed by atoms with Crippen LogP contribution in [0.15, 0.2) is 23.3 Å². The lowest BCUT2D eigenvalue weighted by Gasteiger charge is -2.44. The molecule has 0 bridgehead atoms. The molecular formula is C28H50O2Si. The first-order chi connectivity index (χ1) is 14.4. The minimum Gasteiger partial charge on any atom is -0.414 e. The first-order valence-corrected chi connectivity index (χ1v) is 16.0. The predicted octanol–water partition coefficient (Wildman–Crippen LogP) is 7.89. The van der Waals surface area contributed by atoms with E-state index >= 15 is 0 Å².